The minimum Gasteiger partial charge on any atom is -0.457 e. The van der Waals surface area contributed by atoms with E-state index in [1.807, 2.05) is 18.3 Å². The highest BCUT2D eigenvalue weighted by Crippen LogP contribution is 2.40. The van der Waals surface area contributed by atoms with Crippen molar-refractivity contribution in [2.75, 3.05) is 0 Å². The molecule has 51 heavy (non-hydrogen) atoms. The van der Waals surface area contributed by atoms with Crippen LogP contribution in [-0.4, -0.2) is 19.3 Å². The first-order valence-corrected chi connectivity index (χ1v) is 18.6. The maximum atomic E-state index is 6.67. The monoisotopic (exact) mass is 674 g/mol. The first-order chi connectivity index (χ1) is 24.7. The molecule has 0 saturated carbocycles. The van der Waals surface area contributed by atoms with E-state index in [1.165, 1.54) is 66.7 Å². The van der Waals surface area contributed by atoms with Gasteiger partial charge in [-0.25, -0.2) is 9.67 Å². The lowest BCUT2D eigenvalue weighted by atomic mass is 9.84. The highest BCUT2D eigenvalue weighted by molar-refractivity contribution is 6.09. The zero-order chi connectivity index (χ0) is 35.8. The van der Waals surface area contributed by atoms with Crippen LogP contribution in [0.3, 0.4) is 0 Å². The quantitative estimate of drug-likeness (QED) is 0.137. The van der Waals surface area contributed by atoms with Crippen LogP contribution in [0, 0.1) is 41.5 Å². The maximum absolute atomic E-state index is 6.67. The van der Waals surface area contributed by atoms with Gasteiger partial charge >= 0.3 is 0 Å². The third-order valence-corrected chi connectivity index (χ3v) is 10.9. The third-order valence-electron chi connectivity index (χ3n) is 10.9. The van der Waals surface area contributed by atoms with Crippen LogP contribution in [0.5, 0.6) is 11.5 Å². The van der Waals surface area contributed by atoms with Crippen molar-refractivity contribution in [1.82, 2.24) is 19.3 Å². The van der Waals surface area contributed by atoms with Crippen LogP contribution in [0.1, 0.15) is 84.3 Å². The van der Waals surface area contributed by atoms with Crippen LogP contribution in [0.25, 0.3) is 44.4 Å². The number of rotatable bonds is 11. The van der Waals surface area contributed by atoms with Crippen molar-refractivity contribution in [1.29, 1.82) is 0 Å². The largest absolute Gasteiger partial charge is 0.457 e. The van der Waals surface area contributed by atoms with Crippen LogP contribution >= 0.6 is 0 Å². The summed E-state index contributed by atoms with van der Waals surface area (Å²) in [7, 11) is 0. The Morgan fingerprint density at radius 1 is 0.608 bits per heavy atom. The zero-order valence-electron chi connectivity index (χ0n) is 31.5. The molecule has 0 spiro atoms. The summed E-state index contributed by atoms with van der Waals surface area (Å²) in [5.41, 5.74) is 16.5. The second kappa shape index (κ2) is 14.2. The Kier molecular flexibility index (Phi) is 9.56. The number of aromatic nitrogens is 4. The number of hydrogen-bond acceptors (Lipinski definition) is 3. The number of benzene rings is 4. The fourth-order valence-corrected chi connectivity index (χ4v) is 7.69. The lowest BCUT2D eigenvalue weighted by Crippen LogP contribution is -2.05. The molecule has 0 aliphatic rings. The first kappa shape index (κ1) is 34.3. The molecule has 4 aromatic carbocycles. The second-order valence-electron chi connectivity index (χ2n) is 14.2. The average Bonchev–Trinajstić information content (AvgIpc) is 3.66. The van der Waals surface area contributed by atoms with E-state index in [9.17, 15) is 0 Å². The average molecular weight is 675 g/mol. The molecule has 7 aromatic rings. The number of nitrogens with zero attached hydrogens (tertiary/aromatic N) is 4. The van der Waals surface area contributed by atoms with Crippen LogP contribution in [-0.2, 0) is 12.8 Å². The van der Waals surface area contributed by atoms with Crippen LogP contribution in [0.2, 0.25) is 0 Å². The minimum atomic E-state index is 0.782. The first-order valence-electron chi connectivity index (χ1n) is 18.6. The van der Waals surface area contributed by atoms with Gasteiger partial charge in [-0.15, -0.1) is 0 Å². The van der Waals surface area contributed by atoms with Gasteiger partial charge in [0, 0.05) is 34.7 Å². The van der Waals surface area contributed by atoms with Crippen LogP contribution in [0.15, 0.2) is 85.1 Å². The molecular weight excluding hydrogens is 625 g/mol. The van der Waals surface area contributed by atoms with Gasteiger partial charge in [0.25, 0.3) is 0 Å². The number of unbranched alkanes of at least 4 members (excludes halogenated alkanes) is 2. The molecule has 3 heterocycles. The van der Waals surface area contributed by atoms with Gasteiger partial charge in [0.2, 0.25) is 0 Å². The molecule has 0 aliphatic heterocycles. The summed E-state index contributed by atoms with van der Waals surface area (Å²) >= 11 is 0. The van der Waals surface area contributed by atoms with Crippen molar-refractivity contribution in [3.63, 3.8) is 0 Å². The summed E-state index contributed by atoms with van der Waals surface area (Å²) in [5.74, 6) is 2.47. The van der Waals surface area contributed by atoms with E-state index in [0.717, 1.165) is 72.6 Å². The lowest BCUT2D eigenvalue weighted by Gasteiger charge is -2.20. The van der Waals surface area contributed by atoms with Gasteiger partial charge in [0.05, 0.1) is 28.1 Å². The maximum Gasteiger partial charge on any atom is 0.137 e. The SMILES string of the molecule is CCCCc1nn(-c2cccc(Oc3ccc4c5ccccc5n(-c5cc(C)ccn5)c4c3)c2)c(CCCC)c1-c1c(C)c(C)c(C)c(C)c1C. The summed E-state index contributed by atoms with van der Waals surface area (Å²) in [6.45, 7) is 18.1. The zero-order valence-corrected chi connectivity index (χ0v) is 31.5. The molecular formula is C46H50N4O. The predicted molar refractivity (Wildman–Crippen MR) is 213 cm³/mol. The Bertz CT molecular complexity index is 2360. The Morgan fingerprint density at radius 3 is 2.04 bits per heavy atom. The van der Waals surface area contributed by atoms with Crippen molar-refractivity contribution in [3.8, 4) is 34.1 Å². The molecule has 0 amide bonds. The number of aryl methyl sites for hydroxylation is 2. The molecule has 0 N–H and O–H groups in total. The van der Waals surface area contributed by atoms with E-state index in [-0.39, 0.29) is 0 Å². The number of pyridine rings is 1. The molecule has 0 unspecified atom stereocenters. The highest BCUT2D eigenvalue weighted by atomic mass is 16.5. The van der Waals surface area contributed by atoms with Crippen LogP contribution < -0.4 is 4.74 Å². The molecule has 0 saturated heterocycles. The highest BCUT2D eigenvalue weighted by Gasteiger charge is 2.25. The smallest absolute Gasteiger partial charge is 0.137 e. The van der Waals surface area contributed by atoms with E-state index in [4.69, 9.17) is 14.8 Å². The normalized spacial score (nSPS) is 11.6. The number of ether oxygens (including phenoxy) is 1. The molecule has 0 fully saturated rings. The Labute approximate surface area is 302 Å². The van der Waals surface area contributed by atoms with Crippen molar-refractivity contribution in [2.45, 2.75) is 93.9 Å². The van der Waals surface area contributed by atoms with E-state index in [2.05, 4.69) is 131 Å². The summed E-state index contributed by atoms with van der Waals surface area (Å²) < 4.78 is 11.1. The number of hydrogen-bond donors (Lipinski definition) is 0. The van der Waals surface area contributed by atoms with Crippen molar-refractivity contribution >= 4 is 21.8 Å². The predicted octanol–water partition coefficient (Wildman–Crippen LogP) is 12.4. The van der Waals surface area contributed by atoms with E-state index in [1.54, 1.807) is 0 Å². The van der Waals surface area contributed by atoms with Gasteiger partial charge in [-0.1, -0.05) is 51.0 Å². The van der Waals surface area contributed by atoms with Gasteiger partial charge in [-0.2, -0.15) is 5.10 Å². The second-order valence-corrected chi connectivity index (χ2v) is 14.2. The minimum absolute atomic E-state index is 0.782. The topological polar surface area (TPSA) is 44.9 Å². The van der Waals surface area contributed by atoms with Gasteiger partial charge in [-0.3, -0.25) is 4.57 Å². The van der Waals surface area contributed by atoms with Gasteiger partial charge in [0.15, 0.2) is 0 Å². The molecule has 0 radical (unpaired) electrons. The summed E-state index contributed by atoms with van der Waals surface area (Å²) in [6.07, 6.45) is 8.28. The molecule has 5 heteroatoms. The number of para-hydroxylation sites is 1. The molecule has 0 aliphatic carbocycles. The summed E-state index contributed by atoms with van der Waals surface area (Å²) in [5, 5.41) is 7.80. The molecule has 260 valence electrons. The molecule has 7 rings (SSSR count). The Hall–Kier alpha value is -5.16. The molecule has 0 atom stereocenters. The van der Waals surface area contributed by atoms with Gasteiger partial charge in [-0.05, 0) is 149 Å². The van der Waals surface area contributed by atoms with E-state index in [0.29, 0.717) is 0 Å². The fourth-order valence-electron chi connectivity index (χ4n) is 7.69. The fraction of sp³-hybridized carbons (Fsp3) is 0.304. The standard InChI is InChI=1S/C46H50N4O/c1-9-11-19-40-46(45-33(7)31(5)30(4)32(6)34(45)8)42(20-12-10-2)50(48-40)35-16-15-17-36(27-35)51-37-22-23-39-38-18-13-14-21-41(38)49(43(39)28-37)44-26-29(3)24-25-47-44/h13-18,21-28H,9-12,19-20H2,1-8H3. The van der Waals surface area contributed by atoms with E-state index < -0.39 is 0 Å². The molecule has 0 bridgehead atoms. The van der Waals surface area contributed by atoms with Gasteiger partial charge < -0.3 is 4.74 Å². The third kappa shape index (κ3) is 6.24. The van der Waals surface area contributed by atoms with Crippen LogP contribution in [0.4, 0.5) is 0 Å². The summed E-state index contributed by atoms with van der Waals surface area (Å²) in [4.78, 5) is 4.76. The van der Waals surface area contributed by atoms with Crippen molar-refractivity contribution in [3.05, 3.63) is 130 Å². The number of fused-ring (bicyclic) bond motifs is 3. The summed E-state index contributed by atoms with van der Waals surface area (Å²) in [6, 6.07) is 27.5. The van der Waals surface area contributed by atoms with Gasteiger partial charge in [0.1, 0.15) is 17.3 Å². The van der Waals surface area contributed by atoms with E-state index >= 15 is 0 Å². The molecule has 5 nitrogen and oxygen atoms in total. The lowest BCUT2D eigenvalue weighted by molar-refractivity contribution is 0.482. The Morgan fingerprint density at radius 2 is 1.29 bits per heavy atom. The van der Waals surface area contributed by atoms with Crippen molar-refractivity contribution in [2.24, 2.45) is 0 Å². The molecule has 3 aromatic heterocycles. The van der Waals surface area contributed by atoms with Crippen molar-refractivity contribution < 1.29 is 4.74 Å². The Balaban J connectivity index is 1.34.